The van der Waals surface area contributed by atoms with Crippen molar-refractivity contribution in [3.63, 3.8) is 0 Å². The predicted octanol–water partition coefficient (Wildman–Crippen LogP) is 1.71. The standard InChI is InChI=1S/C10H15N3/c1-6-8-3-2-4-9(12-8)7-5-11-13-10(6)7/h5-6,8-9,12H,2-4H2,1H3,(H,11,13). The molecule has 3 nitrogen and oxygen atoms in total. The summed E-state index contributed by atoms with van der Waals surface area (Å²) < 4.78 is 0. The Kier molecular flexibility index (Phi) is 1.50. The molecule has 2 N–H and O–H groups in total. The van der Waals surface area contributed by atoms with E-state index in [0.29, 0.717) is 18.0 Å². The van der Waals surface area contributed by atoms with Gasteiger partial charge in [-0.05, 0) is 19.3 Å². The molecule has 1 aromatic rings. The number of nitrogens with zero attached hydrogens (tertiary/aromatic N) is 1. The fraction of sp³-hybridized carbons (Fsp3) is 0.700. The minimum atomic E-state index is 0.573. The summed E-state index contributed by atoms with van der Waals surface area (Å²) in [5.41, 5.74) is 2.71. The van der Waals surface area contributed by atoms with E-state index in [0.717, 1.165) is 0 Å². The first-order chi connectivity index (χ1) is 6.36. The van der Waals surface area contributed by atoms with Crippen LogP contribution in [0.2, 0.25) is 0 Å². The third-order valence-electron chi connectivity index (χ3n) is 3.53. The Morgan fingerprint density at radius 2 is 2.38 bits per heavy atom. The molecule has 1 aromatic heterocycles. The van der Waals surface area contributed by atoms with Crippen molar-refractivity contribution in [2.75, 3.05) is 0 Å². The maximum Gasteiger partial charge on any atom is 0.0713 e. The maximum absolute atomic E-state index is 4.36. The third kappa shape index (κ3) is 0.967. The van der Waals surface area contributed by atoms with Gasteiger partial charge in [0.15, 0.2) is 0 Å². The Bertz CT molecular complexity index is 301. The summed E-state index contributed by atoms with van der Waals surface area (Å²) in [5, 5.41) is 11.0. The molecule has 13 heavy (non-hydrogen) atoms. The van der Waals surface area contributed by atoms with E-state index in [4.69, 9.17) is 0 Å². The van der Waals surface area contributed by atoms with E-state index in [1.807, 2.05) is 0 Å². The van der Waals surface area contributed by atoms with Crippen LogP contribution in [0.3, 0.4) is 0 Å². The number of piperidine rings is 1. The van der Waals surface area contributed by atoms with Gasteiger partial charge in [0.05, 0.1) is 5.69 Å². The zero-order chi connectivity index (χ0) is 8.84. The van der Waals surface area contributed by atoms with Gasteiger partial charge >= 0.3 is 0 Å². The summed E-state index contributed by atoms with van der Waals surface area (Å²) in [6.45, 7) is 2.28. The zero-order valence-corrected chi connectivity index (χ0v) is 7.88. The summed E-state index contributed by atoms with van der Waals surface area (Å²) in [4.78, 5) is 0. The number of fused-ring (bicyclic) bond motifs is 4. The van der Waals surface area contributed by atoms with Crippen molar-refractivity contribution in [1.29, 1.82) is 0 Å². The van der Waals surface area contributed by atoms with Crippen molar-refractivity contribution in [3.8, 4) is 0 Å². The van der Waals surface area contributed by atoms with Gasteiger partial charge in [-0.2, -0.15) is 5.10 Å². The first-order valence-electron chi connectivity index (χ1n) is 5.16. The third-order valence-corrected chi connectivity index (χ3v) is 3.53. The summed E-state index contributed by atoms with van der Waals surface area (Å²) in [5.74, 6) is 0.581. The van der Waals surface area contributed by atoms with Crippen LogP contribution in [0.15, 0.2) is 6.20 Å². The van der Waals surface area contributed by atoms with Gasteiger partial charge in [-0.25, -0.2) is 0 Å². The van der Waals surface area contributed by atoms with Crippen LogP contribution < -0.4 is 5.32 Å². The fourth-order valence-electron chi connectivity index (χ4n) is 2.75. The van der Waals surface area contributed by atoms with Crippen molar-refractivity contribution in [2.45, 2.75) is 44.2 Å². The van der Waals surface area contributed by atoms with Crippen LogP contribution >= 0.6 is 0 Å². The molecule has 3 heteroatoms. The maximum atomic E-state index is 4.36. The molecule has 1 fully saturated rings. The van der Waals surface area contributed by atoms with E-state index < -0.39 is 0 Å². The van der Waals surface area contributed by atoms with Gasteiger partial charge in [-0.15, -0.1) is 0 Å². The van der Waals surface area contributed by atoms with Gasteiger partial charge < -0.3 is 5.32 Å². The number of aromatic amines is 1. The molecular weight excluding hydrogens is 162 g/mol. The Morgan fingerprint density at radius 3 is 3.31 bits per heavy atom. The molecule has 3 heterocycles. The summed E-state index contributed by atoms with van der Waals surface area (Å²) in [7, 11) is 0. The molecule has 0 spiro atoms. The lowest BCUT2D eigenvalue weighted by molar-refractivity contribution is 0.270. The van der Waals surface area contributed by atoms with Crippen molar-refractivity contribution in [1.82, 2.24) is 15.5 Å². The van der Waals surface area contributed by atoms with Gasteiger partial charge in [0, 0.05) is 29.8 Å². The second kappa shape index (κ2) is 2.58. The lowest BCUT2D eigenvalue weighted by atomic mass is 9.80. The molecule has 70 valence electrons. The number of hydrogen-bond donors (Lipinski definition) is 2. The van der Waals surface area contributed by atoms with Crippen LogP contribution in [-0.4, -0.2) is 16.2 Å². The molecule has 2 bridgehead atoms. The highest BCUT2D eigenvalue weighted by Gasteiger charge is 2.35. The normalized spacial score (nSPS) is 37.2. The van der Waals surface area contributed by atoms with Crippen LogP contribution in [-0.2, 0) is 0 Å². The van der Waals surface area contributed by atoms with Gasteiger partial charge in [0.25, 0.3) is 0 Å². The van der Waals surface area contributed by atoms with E-state index in [9.17, 15) is 0 Å². The highest BCUT2D eigenvalue weighted by molar-refractivity contribution is 5.29. The Balaban J connectivity index is 2.09. The largest absolute Gasteiger partial charge is 0.306 e. The lowest BCUT2D eigenvalue weighted by Crippen LogP contribution is -2.44. The molecular formula is C10H15N3. The minimum Gasteiger partial charge on any atom is -0.306 e. The highest BCUT2D eigenvalue weighted by Crippen LogP contribution is 2.39. The predicted molar refractivity (Wildman–Crippen MR) is 50.5 cm³/mol. The summed E-state index contributed by atoms with van der Waals surface area (Å²) >= 11 is 0. The van der Waals surface area contributed by atoms with Gasteiger partial charge in [0.2, 0.25) is 0 Å². The van der Waals surface area contributed by atoms with Gasteiger partial charge in [0.1, 0.15) is 0 Å². The van der Waals surface area contributed by atoms with Crippen molar-refractivity contribution < 1.29 is 0 Å². The number of aromatic nitrogens is 2. The first kappa shape index (κ1) is 7.56. The van der Waals surface area contributed by atoms with Crippen LogP contribution in [0.5, 0.6) is 0 Å². The molecule has 2 aliphatic rings. The molecule has 0 amide bonds. The minimum absolute atomic E-state index is 0.573. The smallest absolute Gasteiger partial charge is 0.0713 e. The van der Waals surface area contributed by atoms with E-state index in [1.165, 1.54) is 30.5 Å². The van der Waals surface area contributed by atoms with E-state index in [-0.39, 0.29) is 0 Å². The monoisotopic (exact) mass is 177 g/mol. The topological polar surface area (TPSA) is 40.7 Å². The molecule has 3 unspecified atom stereocenters. The number of nitrogens with one attached hydrogen (secondary N) is 2. The van der Waals surface area contributed by atoms with Crippen molar-refractivity contribution >= 4 is 0 Å². The second-order valence-corrected chi connectivity index (χ2v) is 4.27. The molecule has 0 radical (unpaired) electrons. The molecule has 0 aliphatic carbocycles. The molecule has 3 rings (SSSR count). The highest BCUT2D eigenvalue weighted by atomic mass is 15.1. The fourth-order valence-corrected chi connectivity index (χ4v) is 2.75. The van der Waals surface area contributed by atoms with Gasteiger partial charge in [-0.3, -0.25) is 5.10 Å². The second-order valence-electron chi connectivity index (χ2n) is 4.27. The van der Waals surface area contributed by atoms with Gasteiger partial charge in [-0.1, -0.05) is 6.92 Å². The van der Waals surface area contributed by atoms with Crippen LogP contribution in [0.1, 0.15) is 49.4 Å². The van der Waals surface area contributed by atoms with E-state index >= 15 is 0 Å². The average molecular weight is 177 g/mol. The SMILES string of the molecule is CC1c2n[nH]cc2C2CCCC1N2. The quantitative estimate of drug-likeness (QED) is 0.633. The Hall–Kier alpha value is -0.830. The van der Waals surface area contributed by atoms with Crippen LogP contribution in [0.25, 0.3) is 0 Å². The average Bonchev–Trinajstić information content (AvgIpc) is 2.64. The Morgan fingerprint density at radius 1 is 1.46 bits per heavy atom. The zero-order valence-electron chi connectivity index (χ0n) is 7.88. The first-order valence-corrected chi connectivity index (χ1v) is 5.16. The van der Waals surface area contributed by atoms with Crippen molar-refractivity contribution in [2.24, 2.45) is 0 Å². The molecule has 1 saturated heterocycles. The van der Waals surface area contributed by atoms with Crippen molar-refractivity contribution in [3.05, 3.63) is 17.5 Å². The Labute approximate surface area is 77.9 Å². The summed E-state index contributed by atoms with van der Waals surface area (Å²) in [6.07, 6.45) is 6.00. The lowest BCUT2D eigenvalue weighted by Gasteiger charge is -2.39. The van der Waals surface area contributed by atoms with Crippen LogP contribution in [0, 0.1) is 0 Å². The van der Waals surface area contributed by atoms with E-state index in [2.05, 4.69) is 28.6 Å². The van der Waals surface area contributed by atoms with Crippen LogP contribution in [0.4, 0.5) is 0 Å². The molecule has 0 saturated carbocycles. The molecule has 2 aliphatic heterocycles. The van der Waals surface area contributed by atoms with E-state index in [1.54, 1.807) is 0 Å². The number of hydrogen-bond acceptors (Lipinski definition) is 2. The molecule has 0 aromatic carbocycles. The molecule has 3 atom stereocenters. The number of H-pyrrole nitrogens is 1. The number of rotatable bonds is 0. The summed E-state index contributed by atoms with van der Waals surface area (Å²) in [6, 6.07) is 1.23.